The van der Waals surface area contributed by atoms with Gasteiger partial charge in [0.1, 0.15) is 5.69 Å². The maximum Gasteiger partial charge on any atom is 0.274 e. The van der Waals surface area contributed by atoms with E-state index >= 15 is 0 Å². The number of benzene rings is 1. The molecule has 2 rings (SSSR count). The number of amides is 1. The molecule has 0 atom stereocenters. The Bertz CT molecular complexity index is 603. The van der Waals surface area contributed by atoms with E-state index in [0.717, 1.165) is 24.3 Å². The zero-order valence-electron chi connectivity index (χ0n) is 13.4. The average Bonchev–Trinajstić information content (AvgIpc) is 2.54. The number of anilines is 2. The molecule has 1 aromatic heterocycles. The topological polar surface area (TPSA) is 54.0 Å². The summed E-state index contributed by atoms with van der Waals surface area (Å²) in [6.07, 6.45) is 2.68. The second-order valence-corrected chi connectivity index (χ2v) is 5.71. The molecule has 1 amide bonds. The Morgan fingerprint density at radius 2 is 1.77 bits per heavy atom. The molecule has 116 valence electrons. The second-order valence-electron chi connectivity index (χ2n) is 5.71. The molecular formula is C18H23N3O. The van der Waals surface area contributed by atoms with Gasteiger partial charge in [-0.3, -0.25) is 4.79 Å². The fourth-order valence-electron chi connectivity index (χ4n) is 1.97. The number of nitrogens with zero attached hydrogens (tertiary/aromatic N) is 1. The van der Waals surface area contributed by atoms with Gasteiger partial charge in [0.25, 0.3) is 5.91 Å². The Hall–Kier alpha value is -2.36. The quantitative estimate of drug-likeness (QED) is 0.848. The molecule has 1 aromatic carbocycles. The number of aromatic nitrogens is 1. The van der Waals surface area contributed by atoms with Crippen LogP contribution in [0.2, 0.25) is 0 Å². The first-order valence-corrected chi connectivity index (χ1v) is 7.68. The number of nitrogens with one attached hydrogen (secondary N) is 2. The van der Waals surface area contributed by atoms with E-state index in [1.807, 2.05) is 30.3 Å². The number of hydrogen-bond acceptors (Lipinski definition) is 3. The summed E-state index contributed by atoms with van der Waals surface area (Å²) in [6, 6.07) is 11.5. The molecule has 2 aromatic rings. The summed E-state index contributed by atoms with van der Waals surface area (Å²) in [5, 5.41) is 6.14. The van der Waals surface area contributed by atoms with Gasteiger partial charge in [0.15, 0.2) is 0 Å². The van der Waals surface area contributed by atoms with E-state index in [0.29, 0.717) is 11.6 Å². The van der Waals surface area contributed by atoms with Crippen LogP contribution in [0.4, 0.5) is 11.4 Å². The van der Waals surface area contributed by atoms with Crippen LogP contribution in [0.25, 0.3) is 0 Å². The fraction of sp³-hybridized carbons (Fsp3) is 0.333. The average molecular weight is 297 g/mol. The molecule has 0 aliphatic carbocycles. The van der Waals surface area contributed by atoms with E-state index in [4.69, 9.17) is 0 Å². The number of aryl methyl sites for hydroxylation is 1. The minimum Gasteiger partial charge on any atom is -0.384 e. The van der Waals surface area contributed by atoms with Gasteiger partial charge in [0.2, 0.25) is 0 Å². The normalized spacial score (nSPS) is 10.5. The van der Waals surface area contributed by atoms with Crippen LogP contribution in [0.3, 0.4) is 0 Å². The van der Waals surface area contributed by atoms with Crippen LogP contribution in [0.1, 0.15) is 36.8 Å². The van der Waals surface area contributed by atoms with Crippen LogP contribution in [-0.4, -0.2) is 17.4 Å². The van der Waals surface area contributed by atoms with Crippen molar-refractivity contribution in [2.45, 2.75) is 27.2 Å². The molecule has 4 heteroatoms. The largest absolute Gasteiger partial charge is 0.384 e. The Labute approximate surface area is 132 Å². The summed E-state index contributed by atoms with van der Waals surface area (Å²) in [4.78, 5) is 16.4. The van der Waals surface area contributed by atoms with Crippen molar-refractivity contribution in [3.63, 3.8) is 0 Å². The van der Waals surface area contributed by atoms with Gasteiger partial charge in [-0.1, -0.05) is 32.9 Å². The van der Waals surface area contributed by atoms with Crippen molar-refractivity contribution < 1.29 is 4.79 Å². The lowest BCUT2D eigenvalue weighted by Gasteiger charge is -2.09. The van der Waals surface area contributed by atoms with Crippen molar-refractivity contribution in [2.75, 3.05) is 17.2 Å². The molecule has 0 unspecified atom stereocenters. The number of rotatable bonds is 6. The van der Waals surface area contributed by atoms with E-state index in [1.54, 1.807) is 12.3 Å². The zero-order chi connectivity index (χ0) is 15.9. The van der Waals surface area contributed by atoms with E-state index in [2.05, 4.69) is 36.4 Å². The highest BCUT2D eigenvalue weighted by atomic mass is 16.1. The highest BCUT2D eigenvalue weighted by molar-refractivity contribution is 6.02. The van der Waals surface area contributed by atoms with Crippen molar-refractivity contribution in [1.82, 2.24) is 4.98 Å². The highest BCUT2D eigenvalue weighted by Crippen LogP contribution is 2.12. The maximum atomic E-state index is 12.2. The van der Waals surface area contributed by atoms with Crippen LogP contribution in [0.5, 0.6) is 0 Å². The molecule has 0 saturated heterocycles. The van der Waals surface area contributed by atoms with Gasteiger partial charge in [0.05, 0.1) is 11.9 Å². The summed E-state index contributed by atoms with van der Waals surface area (Å²) >= 11 is 0. The summed E-state index contributed by atoms with van der Waals surface area (Å²) in [7, 11) is 0. The van der Waals surface area contributed by atoms with Crippen molar-refractivity contribution in [1.29, 1.82) is 0 Å². The van der Waals surface area contributed by atoms with E-state index in [9.17, 15) is 4.79 Å². The van der Waals surface area contributed by atoms with Crippen molar-refractivity contribution in [3.05, 3.63) is 53.9 Å². The van der Waals surface area contributed by atoms with Gasteiger partial charge < -0.3 is 10.6 Å². The van der Waals surface area contributed by atoms with Crippen molar-refractivity contribution >= 4 is 17.3 Å². The molecule has 2 N–H and O–H groups in total. The maximum absolute atomic E-state index is 12.2. The van der Waals surface area contributed by atoms with E-state index in [1.165, 1.54) is 5.56 Å². The Kier molecular flexibility index (Phi) is 5.53. The minimum absolute atomic E-state index is 0.195. The third-order valence-electron chi connectivity index (χ3n) is 3.33. The molecule has 0 saturated carbocycles. The molecule has 0 spiro atoms. The minimum atomic E-state index is -0.195. The first-order valence-electron chi connectivity index (χ1n) is 7.68. The first kappa shape index (κ1) is 16.0. The van der Waals surface area contributed by atoms with Crippen molar-refractivity contribution in [3.8, 4) is 0 Å². The third kappa shape index (κ3) is 4.58. The molecule has 0 radical (unpaired) electrons. The van der Waals surface area contributed by atoms with Crippen LogP contribution >= 0.6 is 0 Å². The van der Waals surface area contributed by atoms with Gasteiger partial charge in [-0.2, -0.15) is 0 Å². The summed E-state index contributed by atoms with van der Waals surface area (Å²) in [5.41, 5.74) is 3.37. The second kappa shape index (κ2) is 7.59. The molecule has 0 aliphatic heterocycles. The highest BCUT2D eigenvalue weighted by Gasteiger charge is 2.07. The predicted molar refractivity (Wildman–Crippen MR) is 91.3 cm³/mol. The standard InChI is InChI=1S/C18H23N3O/c1-4-14-5-7-15(8-6-14)21-18(22)17-10-9-16(12-20-17)19-11-13(2)3/h5-10,12-13,19H,4,11H2,1-3H3,(H,21,22). The summed E-state index contributed by atoms with van der Waals surface area (Å²) in [6.45, 7) is 7.28. The SMILES string of the molecule is CCc1ccc(NC(=O)c2ccc(NCC(C)C)cn2)cc1. The molecule has 4 nitrogen and oxygen atoms in total. The molecule has 0 aliphatic rings. The fourth-order valence-corrected chi connectivity index (χ4v) is 1.97. The Balaban J connectivity index is 1.96. The molecule has 0 bridgehead atoms. The number of hydrogen-bond donors (Lipinski definition) is 2. The summed E-state index contributed by atoms with van der Waals surface area (Å²) < 4.78 is 0. The van der Waals surface area contributed by atoms with Crippen LogP contribution < -0.4 is 10.6 Å². The number of pyridine rings is 1. The summed E-state index contributed by atoms with van der Waals surface area (Å²) in [5.74, 6) is 0.369. The molecule has 0 fully saturated rings. The molecule has 1 heterocycles. The number of carbonyl (C=O) groups excluding carboxylic acids is 1. The lowest BCUT2D eigenvalue weighted by Crippen LogP contribution is -2.14. The van der Waals surface area contributed by atoms with Gasteiger partial charge >= 0.3 is 0 Å². The van der Waals surface area contributed by atoms with E-state index < -0.39 is 0 Å². The molecular weight excluding hydrogens is 274 g/mol. The van der Waals surface area contributed by atoms with Gasteiger partial charge in [0, 0.05) is 12.2 Å². The van der Waals surface area contributed by atoms with Gasteiger partial charge in [-0.25, -0.2) is 4.98 Å². The van der Waals surface area contributed by atoms with Crippen molar-refractivity contribution in [2.24, 2.45) is 5.92 Å². The monoisotopic (exact) mass is 297 g/mol. The van der Waals surface area contributed by atoms with E-state index in [-0.39, 0.29) is 5.91 Å². The van der Waals surface area contributed by atoms with Gasteiger partial charge in [-0.15, -0.1) is 0 Å². The number of carbonyl (C=O) groups is 1. The van der Waals surface area contributed by atoms with Crippen LogP contribution in [-0.2, 0) is 6.42 Å². The zero-order valence-corrected chi connectivity index (χ0v) is 13.4. The van der Waals surface area contributed by atoms with Crippen LogP contribution in [0.15, 0.2) is 42.6 Å². The predicted octanol–water partition coefficient (Wildman–Crippen LogP) is 3.96. The third-order valence-corrected chi connectivity index (χ3v) is 3.33. The Morgan fingerprint density at radius 3 is 2.32 bits per heavy atom. The first-order chi connectivity index (χ1) is 10.6. The smallest absolute Gasteiger partial charge is 0.274 e. The Morgan fingerprint density at radius 1 is 1.09 bits per heavy atom. The van der Waals surface area contributed by atoms with Crippen LogP contribution in [0, 0.1) is 5.92 Å². The lowest BCUT2D eigenvalue weighted by atomic mass is 10.1. The lowest BCUT2D eigenvalue weighted by molar-refractivity contribution is 0.102. The van der Waals surface area contributed by atoms with Gasteiger partial charge in [-0.05, 0) is 42.2 Å². The molecule has 22 heavy (non-hydrogen) atoms.